The number of rotatable bonds is 15. The first kappa shape index (κ1) is 38.9. The first-order chi connectivity index (χ1) is 25.9. The highest BCUT2D eigenvalue weighted by Gasteiger charge is 2.34. The number of aliphatic carboxylic acids is 2. The minimum absolute atomic E-state index is 0.0634. The van der Waals surface area contributed by atoms with Crippen LogP contribution in [0.1, 0.15) is 58.5 Å². The molecule has 2 aromatic carbocycles. The molecule has 4 atom stereocenters. The molecule has 5 N–H and O–H groups in total. The van der Waals surface area contributed by atoms with Gasteiger partial charge in [0.1, 0.15) is 16.9 Å². The number of aliphatic hydroxyl groups is 1. The molecular formula is C39H41Cl2N5O8. The van der Waals surface area contributed by atoms with Gasteiger partial charge in [-0.15, -0.1) is 0 Å². The zero-order valence-electron chi connectivity index (χ0n) is 29.7. The maximum Gasteiger partial charge on any atom is 0.308 e. The lowest BCUT2D eigenvalue weighted by Crippen LogP contribution is -2.28. The Labute approximate surface area is 322 Å². The smallest absolute Gasteiger partial charge is 0.308 e. The van der Waals surface area contributed by atoms with Gasteiger partial charge in [0.25, 0.3) is 5.91 Å². The molecule has 2 aliphatic rings. The van der Waals surface area contributed by atoms with Gasteiger partial charge in [0.2, 0.25) is 11.8 Å². The third-order valence-corrected chi connectivity index (χ3v) is 10.4. The van der Waals surface area contributed by atoms with Crippen LogP contribution in [-0.2, 0) is 29.1 Å². The van der Waals surface area contributed by atoms with Gasteiger partial charge >= 0.3 is 11.9 Å². The summed E-state index contributed by atoms with van der Waals surface area (Å²) in [5, 5.41) is 34.6. The van der Waals surface area contributed by atoms with Crippen LogP contribution >= 0.6 is 23.2 Å². The fourth-order valence-corrected chi connectivity index (χ4v) is 7.65. The fraction of sp³-hybridized carbons (Fsp3) is 0.359. The van der Waals surface area contributed by atoms with Crippen molar-refractivity contribution < 1.29 is 39.2 Å². The molecule has 6 rings (SSSR count). The van der Waals surface area contributed by atoms with Crippen LogP contribution in [0.4, 0.5) is 5.82 Å². The van der Waals surface area contributed by atoms with Crippen molar-refractivity contribution in [3.63, 3.8) is 0 Å². The van der Waals surface area contributed by atoms with E-state index in [1.807, 2.05) is 37.3 Å². The molecule has 4 aromatic rings. The standard InChI is InChI=1S/C39H41Cl2N5O8/c1-21-18-46(20-30(21)39(51)52)19-22-9-12-33(43-15-22)44-36(50)29-8-4-7-28(35(29)41)25-5-3-6-27-26(25)10-11-32(27)54-38-31(40)13-23(37(45-38)53-2)16-42-17-24(47)14-34(48)49/h3-9,12-13,15,21,24,30,32,42,47H,10-11,14,16-20H2,1-2H3,(H,48,49)(H,51,52)(H,43,44,50)/t21-,24-,30-,32-/m0/s1. The minimum atomic E-state index is -1.09. The number of carbonyl (C=O) groups is 3. The van der Waals surface area contributed by atoms with Gasteiger partial charge in [-0.3, -0.25) is 19.3 Å². The molecule has 3 heterocycles. The number of amides is 1. The molecule has 0 radical (unpaired) electrons. The van der Waals surface area contributed by atoms with Gasteiger partial charge in [0.05, 0.1) is 36.1 Å². The number of methoxy groups -OCH3 is 1. The Bertz CT molecular complexity index is 2030. The SMILES string of the molecule is COc1nc(O[C@H]2CCc3c(-c4cccc(C(=O)Nc5ccc(CN6C[C@H](C(=O)O)[C@@H](C)C6)cn5)c4Cl)cccc32)c(Cl)cc1CNC[C@@H](O)CC(=O)O. The number of ether oxygens (including phenoxy) is 2. The van der Waals surface area contributed by atoms with Gasteiger partial charge in [-0.1, -0.05) is 66.5 Å². The monoisotopic (exact) mass is 777 g/mol. The van der Waals surface area contributed by atoms with E-state index in [1.54, 1.807) is 30.5 Å². The minimum Gasteiger partial charge on any atom is -0.481 e. The van der Waals surface area contributed by atoms with Crippen LogP contribution in [0.2, 0.25) is 10.0 Å². The van der Waals surface area contributed by atoms with Crippen molar-refractivity contribution >= 4 is 46.9 Å². The predicted molar refractivity (Wildman–Crippen MR) is 202 cm³/mol. The van der Waals surface area contributed by atoms with Gasteiger partial charge in [-0.05, 0) is 59.2 Å². The van der Waals surface area contributed by atoms with E-state index in [-0.39, 0.29) is 54.2 Å². The van der Waals surface area contributed by atoms with E-state index >= 15 is 0 Å². The van der Waals surface area contributed by atoms with Gasteiger partial charge in [0, 0.05) is 50.0 Å². The summed E-state index contributed by atoms with van der Waals surface area (Å²) in [7, 11) is 1.47. The molecule has 1 amide bonds. The summed E-state index contributed by atoms with van der Waals surface area (Å²) in [4.78, 5) is 46.8. The third-order valence-electron chi connectivity index (χ3n) is 9.76. The molecule has 0 bridgehead atoms. The number of pyridine rings is 2. The summed E-state index contributed by atoms with van der Waals surface area (Å²) in [5.74, 6) is -1.73. The molecule has 284 valence electrons. The van der Waals surface area contributed by atoms with Crippen molar-refractivity contribution in [2.75, 3.05) is 32.1 Å². The second kappa shape index (κ2) is 17.1. The van der Waals surface area contributed by atoms with Crippen LogP contribution < -0.4 is 20.1 Å². The van der Waals surface area contributed by atoms with Crippen molar-refractivity contribution in [1.29, 1.82) is 0 Å². The first-order valence-corrected chi connectivity index (χ1v) is 18.3. The normalized spacial score (nSPS) is 18.6. The molecule has 54 heavy (non-hydrogen) atoms. The Morgan fingerprint density at radius 1 is 1.04 bits per heavy atom. The number of hydrogen-bond donors (Lipinski definition) is 5. The topological polar surface area (TPSA) is 183 Å². The number of likely N-dealkylation sites (tertiary alicyclic amines) is 1. The fourth-order valence-electron chi connectivity index (χ4n) is 7.12. The van der Waals surface area contributed by atoms with Crippen molar-refractivity contribution in [3.8, 4) is 22.9 Å². The number of carboxylic acid groups (broad SMARTS) is 2. The van der Waals surface area contributed by atoms with E-state index in [0.717, 1.165) is 22.3 Å². The van der Waals surface area contributed by atoms with Crippen molar-refractivity contribution in [2.24, 2.45) is 11.8 Å². The average molecular weight is 779 g/mol. The number of aliphatic hydroxyl groups excluding tert-OH is 1. The Morgan fingerprint density at radius 2 is 1.81 bits per heavy atom. The van der Waals surface area contributed by atoms with Crippen LogP contribution in [0.15, 0.2) is 60.8 Å². The zero-order chi connectivity index (χ0) is 38.5. The second-order valence-corrected chi connectivity index (χ2v) is 14.4. The van der Waals surface area contributed by atoms with E-state index in [2.05, 4.69) is 25.5 Å². The highest BCUT2D eigenvalue weighted by Crippen LogP contribution is 2.43. The summed E-state index contributed by atoms with van der Waals surface area (Å²) in [6.45, 7) is 4.01. The van der Waals surface area contributed by atoms with Crippen molar-refractivity contribution in [1.82, 2.24) is 20.2 Å². The largest absolute Gasteiger partial charge is 0.481 e. The molecule has 0 saturated carbocycles. The highest BCUT2D eigenvalue weighted by molar-refractivity contribution is 6.37. The summed E-state index contributed by atoms with van der Waals surface area (Å²) in [6.07, 6.45) is 1.23. The number of nitrogens with zero attached hydrogens (tertiary/aromatic N) is 3. The van der Waals surface area contributed by atoms with E-state index < -0.39 is 23.9 Å². The second-order valence-electron chi connectivity index (χ2n) is 13.6. The summed E-state index contributed by atoms with van der Waals surface area (Å²) < 4.78 is 11.8. The highest BCUT2D eigenvalue weighted by atomic mass is 35.5. The molecular weight excluding hydrogens is 737 g/mol. The molecule has 1 aliphatic heterocycles. The maximum atomic E-state index is 13.5. The number of hydrogen-bond acceptors (Lipinski definition) is 10. The van der Waals surface area contributed by atoms with E-state index in [1.165, 1.54) is 7.11 Å². The number of aromatic nitrogens is 2. The van der Waals surface area contributed by atoms with E-state index in [0.29, 0.717) is 60.0 Å². The maximum absolute atomic E-state index is 13.5. The number of carbonyl (C=O) groups excluding carboxylic acids is 1. The zero-order valence-corrected chi connectivity index (χ0v) is 31.2. The van der Waals surface area contributed by atoms with Gasteiger partial charge < -0.3 is 35.4 Å². The Kier molecular flexibility index (Phi) is 12.3. The summed E-state index contributed by atoms with van der Waals surface area (Å²) in [6, 6.07) is 16.4. The quantitative estimate of drug-likeness (QED) is 0.0972. The number of carboxylic acids is 2. The number of anilines is 1. The Morgan fingerprint density at radius 3 is 2.52 bits per heavy atom. The van der Waals surface area contributed by atoms with Crippen LogP contribution in [0, 0.1) is 11.8 Å². The molecule has 15 heteroatoms. The van der Waals surface area contributed by atoms with Crippen molar-refractivity contribution in [3.05, 3.63) is 98.7 Å². The molecule has 0 spiro atoms. The van der Waals surface area contributed by atoms with Gasteiger partial charge in [-0.2, -0.15) is 4.98 Å². The van der Waals surface area contributed by atoms with E-state index in [4.69, 9.17) is 37.8 Å². The summed E-state index contributed by atoms with van der Waals surface area (Å²) >= 11 is 13.5. The average Bonchev–Trinajstić information content (AvgIpc) is 3.72. The predicted octanol–water partition coefficient (Wildman–Crippen LogP) is 5.86. The Balaban J connectivity index is 1.13. The number of fused-ring (bicyclic) bond motifs is 1. The first-order valence-electron chi connectivity index (χ1n) is 17.5. The summed E-state index contributed by atoms with van der Waals surface area (Å²) in [5.41, 5.74) is 5.38. The van der Waals surface area contributed by atoms with Crippen LogP contribution in [0.5, 0.6) is 11.8 Å². The van der Waals surface area contributed by atoms with Crippen LogP contribution in [-0.4, -0.2) is 80.9 Å². The number of nitrogens with one attached hydrogen (secondary N) is 2. The van der Waals surface area contributed by atoms with Crippen LogP contribution in [0.25, 0.3) is 11.1 Å². The molecule has 1 fully saturated rings. The number of benzene rings is 2. The van der Waals surface area contributed by atoms with Gasteiger partial charge in [0.15, 0.2) is 0 Å². The molecule has 1 aliphatic carbocycles. The lowest BCUT2D eigenvalue weighted by Gasteiger charge is -2.18. The lowest BCUT2D eigenvalue weighted by molar-refractivity contribution is -0.142. The molecule has 1 saturated heterocycles. The van der Waals surface area contributed by atoms with Crippen molar-refractivity contribution in [2.45, 2.75) is 51.5 Å². The molecule has 0 unspecified atom stereocenters. The van der Waals surface area contributed by atoms with Gasteiger partial charge in [-0.25, -0.2) is 4.98 Å². The molecule has 2 aromatic heterocycles. The molecule has 13 nitrogen and oxygen atoms in total. The number of halogens is 2. The van der Waals surface area contributed by atoms with E-state index in [9.17, 15) is 24.6 Å². The Hall–Kier alpha value is -4.79. The van der Waals surface area contributed by atoms with Crippen LogP contribution in [0.3, 0.4) is 0 Å². The lowest BCUT2D eigenvalue weighted by atomic mass is 9.95. The third kappa shape index (κ3) is 8.94.